The SMILES string of the molecule is CC(C)(C)O.CC(C)C1CCNC1.CCC(C)(C)C.Cc1ccc(C#N)c(Cl)c1. The molecule has 2 N–H and O–H groups in total. The van der Waals surface area contributed by atoms with E-state index in [1.54, 1.807) is 32.9 Å². The molecule has 0 bridgehead atoms. The van der Waals surface area contributed by atoms with Crippen LogP contribution < -0.4 is 5.32 Å². The molecule has 3 nitrogen and oxygen atoms in total. The Morgan fingerprint density at radius 3 is 1.93 bits per heavy atom. The number of aliphatic hydroxyl groups is 1. The molecular weight excluding hydrogens is 380 g/mol. The van der Waals surface area contributed by atoms with Crippen molar-refractivity contribution in [2.24, 2.45) is 17.3 Å². The van der Waals surface area contributed by atoms with E-state index >= 15 is 0 Å². The van der Waals surface area contributed by atoms with E-state index in [0.717, 1.165) is 17.4 Å². The molecule has 0 aromatic heterocycles. The largest absolute Gasteiger partial charge is 0.391 e. The topological polar surface area (TPSA) is 56.0 Å². The highest BCUT2D eigenvalue weighted by molar-refractivity contribution is 6.31. The number of aryl methyl sites for hydroxylation is 1. The molecule has 1 aliphatic heterocycles. The summed E-state index contributed by atoms with van der Waals surface area (Å²) in [4.78, 5) is 0. The zero-order valence-electron chi connectivity index (χ0n) is 20.5. The Hall–Kier alpha value is -1.08. The maximum atomic E-state index is 8.52. The van der Waals surface area contributed by atoms with Crippen molar-refractivity contribution in [3.63, 3.8) is 0 Å². The van der Waals surface area contributed by atoms with Gasteiger partial charge < -0.3 is 10.4 Å². The fraction of sp³-hybridized carbons (Fsp3) is 0.720. The van der Waals surface area contributed by atoms with E-state index in [9.17, 15) is 0 Å². The van der Waals surface area contributed by atoms with Crippen LogP contribution in [0.25, 0.3) is 0 Å². The summed E-state index contributed by atoms with van der Waals surface area (Å²) in [6, 6.07) is 7.35. The van der Waals surface area contributed by atoms with Crippen molar-refractivity contribution in [3.05, 3.63) is 34.3 Å². The molecule has 0 radical (unpaired) electrons. The van der Waals surface area contributed by atoms with Crippen LogP contribution in [0.5, 0.6) is 0 Å². The van der Waals surface area contributed by atoms with Crippen LogP contribution in [0.15, 0.2) is 18.2 Å². The summed E-state index contributed by atoms with van der Waals surface area (Å²) in [5, 5.41) is 20.9. The minimum Gasteiger partial charge on any atom is -0.391 e. The van der Waals surface area contributed by atoms with Crippen LogP contribution in [0, 0.1) is 35.5 Å². The summed E-state index contributed by atoms with van der Waals surface area (Å²) < 4.78 is 0. The third-order valence-corrected chi connectivity index (χ3v) is 4.66. The average Bonchev–Trinajstić information content (AvgIpc) is 3.09. The fourth-order valence-electron chi connectivity index (χ4n) is 1.96. The normalized spacial score (nSPS) is 15.8. The molecule has 2 rings (SSSR count). The molecule has 0 spiro atoms. The van der Waals surface area contributed by atoms with Crippen molar-refractivity contribution in [3.8, 4) is 6.07 Å². The Morgan fingerprint density at radius 2 is 1.69 bits per heavy atom. The number of benzene rings is 1. The van der Waals surface area contributed by atoms with Crippen LogP contribution in [0.4, 0.5) is 0 Å². The molecule has 1 unspecified atom stereocenters. The molecule has 1 aromatic rings. The van der Waals surface area contributed by atoms with E-state index in [0.29, 0.717) is 16.0 Å². The molecule has 1 heterocycles. The van der Waals surface area contributed by atoms with E-state index in [2.05, 4.69) is 46.9 Å². The quantitative estimate of drug-likeness (QED) is 0.510. The molecule has 1 atom stereocenters. The van der Waals surface area contributed by atoms with Gasteiger partial charge in [-0.3, -0.25) is 0 Å². The first-order chi connectivity index (χ1) is 13.1. The predicted molar refractivity (Wildman–Crippen MR) is 128 cm³/mol. The molecule has 4 heteroatoms. The van der Waals surface area contributed by atoms with Gasteiger partial charge in [-0.15, -0.1) is 0 Å². The monoisotopic (exact) mass is 424 g/mol. The van der Waals surface area contributed by atoms with Gasteiger partial charge in [-0.1, -0.05) is 65.6 Å². The third kappa shape index (κ3) is 21.4. The van der Waals surface area contributed by atoms with Crippen LogP contribution >= 0.6 is 11.6 Å². The van der Waals surface area contributed by atoms with E-state index in [1.807, 2.05) is 19.1 Å². The molecule has 1 aliphatic rings. The Morgan fingerprint density at radius 1 is 1.21 bits per heavy atom. The van der Waals surface area contributed by atoms with Gasteiger partial charge in [-0.25, -0.2) is 0 Å². The van der Waals surface area contributed by atoms with Crippen LogP contribution in [0.2, 0.25) is 5.02 Å². The summed E-state index contributed by atoms with van der Waals surface area (Å²) in [5.41, 5.74) is 1.65. The second-order valence-corrected chi connectivity index (χ2v) is 10.6. The first-order valence-corrected chi connectivity index (χ1v) is 11.1. The summed E-state index contributed by atoms with van der Waals surface area (Å²) in [6.07, 6.45) is 2.66. The van der Waals surface area contributed by atoms with E-state index in [1.165, 1.54) is 25.9 Å². The summed E-state index contributed by atoms with van der Waals surface area (Å²) in [7, 11) is 0. The smallest absolute Gasteiger partial charge is 0.101 e. The maximum Gasteiger partial charge on any atom is 0.101 e. The van der Waals surface area contributed by atoms with Gasteiger partial charge in [0, 0.05) is 0 Å². The van der Waals surface area contributed by atoms with Crippen LogP contribution in [-0.2, 0) is 0 Å². The van der Waals surface area contributed by atoms with Crippen molar-refractivity contribution < 1.29 is 5.11 Å². The van der Waals surface area contributed by atoms with E-state index in [4.69, 9.17) is 22.0 Å². The predicted octanol–water partition coefficient (Wildman–Crippen LogP) is 6.99. The van der Waals surface area contributed by atoms with Crippen LogP contribution in [0.1, 0.15) is 86.3 Å². The molecule has 29 heavy (non-hydrogen) atoms. The Balaban J connectivity index is 0. The van der Waals surface area contributed by atoms with E-state index < -0.39 is 5.60 Å². The van der Waals surface area contributed by atoms with Gasteiger partial charge in [-0.05, 0) is 82.2 Å². The molecule has 0 saturated carbocycles. The number of rotatable bonds is 1. The fourth-order valence-corrected chi connectivity index (χ4v) is 2.23. The molecule has 0 amide bonds. The zero-order chi connectivity index (χ0) is 23.3. The minimum atomic E-state index is -0.500. The van der Waals surface area contributed by atoms with Crippen molar-refractivity contribution in [1.82, 2.24) is 5.32 Å². The van der Waals surface area contributed by atoms with Crippen molar-refractivity contribution >= 4 is 11.6 Å². The Bertz CT molecular complexity index is 580. The lowest BCUT2D eigenvalue weighted by Crippen LogP contribution is -2.12. The molecular formula is C25H45ClN2O. The lowest BCUT2D eigenvalue weighted by Gasteiger charge is -2.12. The molecule has 1 fully saturated rings. The van der Waals surface area contributed by atoms with E-state index in [-0.39, 0.29) is 0 Å². The molecule has 168 valence electrons. The number of nitrogens with zero attached hydrogens (tertiary/aromatic N) is 1. The zero-order valence-corrected chi connectivity index (χ0v) is 21.2. The summed E-state index contributed by atoms with van der Waals surface area (Å²) in [6.45, 7) is 23.2. The van der Waals surface area contributed by atoms with Crippen molar-refractivity contribution in [2.45, 2.75) is 87.7 Å². The Labute approximate surface area is 185 Å². The number of hydrogen-bond acceptors (Lipinski definition) is 3. The lowest BCUT2D eigenvalue weighted by molar-refractivity contribution is 0.102. The van der Waals surface area contributed by atoms with Crippen LogP contribution in [0.3, 0.4) is 0 Å². The Kier molecular flexibility index (Phi) is 15.4. The maximum absolute atomic E-state index is 8.52. The second kappa shape index (κ2) is 14.8. The molecule has 1 aromatic carbocycles. The van der Waals surface area contributed by atoms with Gasteiger partial charge in [-0.2, -0.15) is 5.26 Å². The standard InChI is InChI=1S/C8H6ClN.C7H15N.C6H14.C4H10O/c1-6-2-3-7(5-10)8(9)4-6;1-6(2)7-3-4-8-5-7;1-5-6(2,3)4;1-4(2,3)5/h2-4H,1H3;6-8H,3-5H2,1-2H3;5H2,1-4H3;5H,1-3H3. The summed E-state index contributed by atoms with van der Waals surface area (Å²) >= 11 is 5.71. The van der Waals surface area contributed by atoms with Gasteiger partial charge in [0.05, 0.1) is 16.2 Å². The number of hydrogen-bond donors (Lipinski definition) is 2. The van der Waals surface area contributed by atoms with Gasteiger partial charge in [0.2, 0.25) is 0 Å². The number of nitriles is 1. The highest BCUT2D eigenvalue weighted by atomic mass is 35.5. The highest BCUT2D eigenvalue weighted by Gasteiger charge is 2.16. The van der Waals surface area contributed by atoms with Crippen LogP contribution in [-0.4, -0.2) is 23.8 Å². The first-order valence-electron chi connectivity index (χ1n) is 10.7. The average molecular weight is 425 g/mol. The first kappa shape index (κ1) is 30.1. The van der Waals surface area contributed by atoms with Gasteiger partial charge >= 0.3 is 0 Å². The second-order valence-electron chi connectivity index (χ2n) is 10.2. The third-order valence-electron chi connectivity index (χ3n) is 4.35. The summed E-state index contributed by atoms with van der Waals surface area (Å²) in [5.74, 6) is 1.83. The van der Waals surface area contributed by atoms with Gasteiger partial charge in [0.15, 0.2) is 0 Å². The van der Waals surface area contributed by atoms with Gasteiger partial charge in [0.1, 0.15) is 6.07 Å². The van der Waals surface area contributed by atoms with Gasteiger partial charge in [0.25, 0.3) is 0 Å². The lowest BCUT2D eigenvalue weighted by atomic mass is 9.94. The van der Waals surface area contributed by atoms with Crippen molar-refractivity contribution in [1.29, 1.82) is 5.26 Å². The van der Waals surface area contributed by atoms with Crippen molar-refractivity contribution in [2.75, 3.05) is 13.1 Å². The number of halogens is 1. The molecule has 1 saturated heterocycles. The highest BCUT2D eigenvalue weighted by Crippen LogP contribution is 2.17. The number of nitrogens with one attached hydrogen (secondary N) is 1. The minimum absolute atomic E-state index is 0.500. The molecule has 0 aliphatic carbocycles.